The zero-order chi connectivity index (χ0) is 12.7. The van der Waals surface area contributed by atoms with Crippen LogP contribution >= 0.6 is 0 Å². The molecule has 0 radical (unpaired) electrons. The minimum absolute atomic E-state index is 0.0140. The fraction of sp³-hybridized carbons (Fsp3) is 0.417. The number of nitro groups is 1. The van der Waals surface area contributed by atoms with Gasteiger partial charge < -0.3 is 4.74 Å². The molecule has 0 atom stereocenters. The third-order valence-corrected chi connectivity index (χ3v) is 2.33. The maximum absolute atomic E-state index is 11.5. The minimum atomic E-state index is -0.404. The van der Waals surface area contributed by atoms with Gasteiger partial charge in [0.2, 0.25) is 6.54 Å². The first kappa shape index (κ1) is 13.2. The first-order valence-corrected chi connectivity index (χ1v) is 5.38. The minimum Gasteiger partial charge on any atom is -0.497 e. The number of ether oxygens (including phenoxy) is 1. The number of hydrogen-bond donors (Lipinski definition) is 0. The van der Waals surface area contributed by atoms with Crippen molar-refractivity contribution in [3.63, 3.8) is 0 Å². The molecule has 92 valence electrons. The predicted molar refractivity (Wildman–Crippen MR) is 62.8 cm³/mol. The summed E-state index contributed by atoms with van der Waals surface area (Å²) in [6, 6.07) is 7.26. The number of carbonyl (C=O) groups excluding carboxylic acids is 1. The van der Waals surface area contributed by atoms with E-state index in [9.17, 15) is 14.9 Å². The number of benzene rings is 1. The van der Waals surface area contributed by atoms with Crippen LogP contribution in [0, 0.1) is 10.1 Å². The van der Waals surface area contributed by atoms with Gasteiger partial charge >= 0.3 is 0 Å². The van der Waals surface area contributed by atoms with E-state index in [0.717, 1.165) is 5.56 Å². The Morgan fingerprint density at radius 3 is 2.88 bits per heavy atom. The molecule has 0 unspecified atom stereocenters. The highest BCUT2D eigenvalue weighted by atomic mass is 16.6. The van der Waals surface area contributed by atoms with Crippen LogP contribution in [-0.4, -0.2) is 24.4 Å². The van der Waals surface area contributed by atoms with Crippen molar-refractivity contribution >= 4 is 5.78 Å². The van der Waals surface area contributed by atoms with E-state index in [1.807, 2.05) is 12.1 Å². The van der Waals surface area contributed by atoms with E-state index in [4.69, 9.17) is 4.74 Å². The monoisotopic (exact) mass is 237 g/mol. The molecule has 1 aromatic carbocycles. The highest BCUT2D eigenvalue weighted by Crippen LogP contribution is 2.13. The second kappa shape index (κ2) is 6.62. The van der Waals surface area contributed by atoms with Crippen molar-refractivity contribution in [1.82, 2.24) is 0 Å². The molecule has 0 saturated heterocycles. The maximum atomic E-state index is 11.5. The topological polar surface area (TPSA) is 69.4 Å². The molecule has 5 heteroatoms. The summed E-state index contributed by atoms with van der Waals surface area (Å²) in [6.45, 7) is -0.149. The number of ketones is 1. The van der Waals surface area contributed by atoms with Gasteiger partial charge in [0, 0.05) is 24.2 Å². The molecule has 0 aromatic heterocycles. The lowest BCUT2D eigenvalue weighted by Gasteiger charge is -2.03. The lowest BCUT2D eigenvalue weighted by molar-refractivity contribution is -0.480. The molecule has 0 N–H and O–H groups in total. The fourth-order valence-corrected chi connectivity index (χ4v) is 1.50. The van der Waals surface area contributed by atoms with E-state index < -0.39 is 4.92 Å². The molecule has 0 aliphatic carbocycles. The van der Waals surface area contributed by atoms with Gasteiger partial charge in [-0.3, -0.25) is 14.9 Å². The molecular formula is C12H15NO4. The predicted octanol–water partition coefficient (Wildman–Crippen LogP) is 1.86. The second-order valence-corrected chi connectivity index (χ2v) is 3.73. The number of nitrogens with zero attached hydrogens (tertiary/aromatic N) is 1. The number of methoxy groups -OCH3 is 1. The first-order chi connectivity index (χ1) is 8.11. The summed E-state index contributed by atoms with van der Waals surface area (Å²) in [5, 5.41) is 10.1. The molecule has 1 aromatic rings. The lowest BCUT2D eigenvalue weighted by atomic mass is 10.1. The lowest BCUT2D eigenvalue weighted by Crippen LogP contribution is -2.07. The van der Waals surface area contributed by atoms with Crippen molar-refractivity contribution < 1.29 is 14.5 Å². The van der Waals surface area contributed by atoms with E-state index in [1.54, 1.807) is 19.2 Å². The van der Waals surface area contributed by atoms with E-state index in [1.165, 1.54) is 0 Å². The molecule has 0 spiro atoms. The van der Waals surface area contributed by atoms with Gasteiger partial charge in [-0.25, -0.2) is 0 Å². The van der Waals surface area contributed by atoms with Crippen LogP contribution < -0.4 is 4.74 Å². The third-order valence-electron chi connectivity index (χ3n) is 2.33. The summed E-state index contributed by atoms with van der Waals surface area (Å²) in [5.41, 5.74) is 0.871. The Morgan fingerprint density at radius 2 is 2.24 bits per heavy atom. The summed E-state index contributed by atoms with van der Waals surface area (Å²) in [6.07, 6.45) is 0.850. The van der Waals surface area contributed by atoms with Crippen LogP contribution in [-0.2, 0) is 11.2 Å². The van der Waals surface area contributed by atoms with E-state index in [2.05, 4.69) is 0 Å². The van der Waals surface area contributed by atoms with Crippen molar-refractivity contribution in [2.45, 2.75) is 19.3 Å². The van der Waals surface area contributed by atoms with E-state index >= 15 is 0 Å². The smallest absolute Gasteiger partial charge is 0.204 e. The molecule has 0 aliphatic heterocycles. The molecule has 17 heavy (non-hydrogen) atoms. The van der Waals surface area contributed by atoms with Crippen LogP contribution in [0.3, 0.4) is 0 Å². The van der Waals surface area contributed by atoms with Gasteiger partial charge in [0.15, 0.2) is 0 Å². The zero-order valence-electron chi connectivity index (χ0n) is 9.72. The number of carbonyl (C=O) groups is 1. The summed E-state index contributed by atoms with van der Waals surface area (Å²) >= 11 is 0. The van der Waals surface area contributed by atoms with Crippen molar-refractivity contribution in [2.24, 2.45) is 0 Å². The van der Waals surface area contributed by atoms with E-state index in [0.29, 0.717) is 18.6 Å². The normalized spacial score (nSPS) is 9.94. The molecular weight excluding hydrogens is 222 g/mol. The average Bonchev–Trinajstić information content (AvgIpc) is 2.28. The largest absolute Gasteiger partial charge is 0.497 e. The van der Waals surface area contributed by atoms with Crippen LogP contribution in [0.15, 0.2) is 24.3 Å². The van der Waals surface area contributed by atoms with Gasteiger partial charge in [0.05, 0.1) is 7.11 Å². The Bertz CT molecular complexity index is 403. The summed E-state index contributed by atoms with van der Waals surface area (Å²) in [5.74, 6) is 0.723. The van der Waals surface area contributed by atoms with Crippen molar-refractivity contribution in [3.05, 3.63) is 39.9 Å². The Hall–Kier alpha value is -1.91. The summed E-state index contributed by atoms with van der Waals surface area (Å²) < 4.78 is 5.05. The Morgan fingerprint density at radius 1 is 1.47 bits per heavy atom. The van der Waals surface area contributed by atoms with Crippen molar-refractivity contribution in [3.8, 4) is 5.75 Å². The second-order valence-electron chi connectivity index (χ2n) is 3.73. The van der Waals surface area contributed by atoms with Gasteiger partial charge in [-0.05, 0) is 17.7 Å². The van der Waals surface area contributed by atoms with Crippen LogP contribution in [0.1, 0.15) is 18.4 Å². The molecule has 5 nitrogen and oxygen atoms in total. The maximum Gasteiger partial charge on any atom is 0.204 e. The Kier molecular flexibility index (Phi) is 5.13. The summed E-state index contributed by atoms with van der Waals surface area (Å²) in [4.78, 5) is 21.2. The fourth-order valence-electron chi connectivity index (χ4n) is 1.50. The number of Topliss-reactive ketones (excluding diaryl/α,β-unsaturated/α-hetero) is 1. The van der Waals surface area contributed by atoms with Crippen LogP contribution in [0.2, 0.25) is 0 Å². The van der Waals surface area contributed by atoms with Gasteiger partial charge in [0.1, 0.15) is 11.5 Å². The number of rotatable bonds is 7. The van der Waals surface area contributed by atoms with Crippen LogP contribution in [0.4, 0.5) is 0 Å². The summed E-state index contributed by atoms with van der Waals surface area (Å²) in [7, 11) is 1.57. The van der Waals surface area contributed by atoms with Gasteiger partial charge in [0.25, 0.3) is 0 Å². The first-order valence-electron chi connectivity index (χ1n) is 5.38. The van der Waals surface area contributed by atoms with Crippen LogP contribution in [0.25, 0.3) is 0 Å². The molecule has 0 amide bonds. The Balaban J connectivity index is 2.42. The van der Waals surface area contributed by atoms with E-state index in [-0.39, 0.29) is 18.7 Å². The Labute approximate surface area is 99.5 Å². The average molecular weight is 237 g/mol. The highest BCUT2D eigenvalue weighted by Gasteiger charge is 2.06. The quantitative estimate of drug-likeness (QED) is 0.536. The standard InChI is InChI=1S/C12H15NO4/c1-17-12-6-2-4-10(9-12)8-11(14)5-3-7-13(15)16/h2,4,6,9H,3,5,7-8H2,1H3. The van der Waals surface area contributed by atoms with Crippen molar-refractivity contribution in [1.29, 1.82) is 0 Å². The highest BCUT2D eigenvalue weighted by molar-refractivity contribution is 5.80. The SMILES string of the molecule is COc1cccc(CC(=O)CCC[N+](=O)[O-])c1. The molecule has 1 rings (SSSR count). The van der Waals surface area contributed by atoms with Gasteiger partial charge in [-0.1, -0.05) is 12.1 Å². The molecule has 0 bridgehead atoms. The van der Waals surface area contributed by atoms with Gasteiger partial charge in [-0.2, -0.15) is 0 Å². The third kappa shape index (κ3) is 5.10. The molecule has 0 saturated carbocycles. The van der Waals surface area contributed by atoms with Gasteiger partial charge in [-0.15, -0.1) is 0 Å². The zero-order valence-corrected chi connectivity index (χ0v) is 9.72. The van der Waals surface area contributed by atoms with Crippen molar-refractivity contribution in [2.75, 3.05) is 13.7 Å². The molecule has 0 aliphatic rings. The molecule has 0 fully saturated rings. The molecule has 0 heterocycles. The van der Waals surface area contributed by atoms with Crippen LogP contribution in [0.5, 0.6) is 5.75 Å². The number of hydrogen-bond acceptors (Lipinski definition) is 4.